The number of amides is 1. The van der Waals surface area contributed by atoms with Crippen molar-refractivity contribution < 1.29 is 9.53 Å². The van der Waals surface area contributed by atoms with E-state index in [4.69, 9.17) is 9.72 Å². The van der Waals surface area contributed by atoms with Gasteiger partial charge >= 0.3 is 0 Å². The molecule has 180 valence electrons. The van der Waals surface area contributed by atoms with Gasteiger partial charge in [-0.15, -0.1) is 17.9 Å². The molecule has 0 radical (unpaired) electrons. The van der Waals surface area contributed by atoms with Crippen LogP contribution in [0.4, 0.5) is 0 Å². The van der Waals surface area contributed by atoms with E-state index >= 15 is 0 Å². The molecule has 0 saturated heterocycles. The molecule has 1 aromatic carbocycles. The number of rotatable bonds is 10. The topological polar surface area (TPSA) is 69.0 Å². The predicted octanol–water partition coefficient (Wildman–Crippen LogP) is 5.71. The number of hydrogen-bond donors (Lipinski definition) is 1. The zero-order valence-corrected chi connectivity index (χ0v) is 21.2. The van der Waals surface area contributed by atoms with E-state index in [1.54, 1.807) is 24.5 Å². The second-order valence-electron chi connectivity index (χ2n) is 8.20. The third kappa shape index (κ3) is 5.52. The Morgan fingerprint density at radius 2 is 2.03 bits per heavy atom. The van der Waals surface area contributed by atoms with E-state index < -0.39 is 0 Å². The number of pyridine rings is 1. The Bertz CT molecular complexity index is 1320. The van der Waals surface area contributed by atoms with E-state index in [1.165, 1.54) is 5.56 Å². The fourth-order valence-corrected chi connectivity index (χ4v) is 4.81. The van der Waals surface area contributed by atoms with E-state index in [2.05, 4.69) is 51.9 Å². The summed E-state index contributed by atoms with van der Waals surface area (Å²) in [5.41, 5.74) is 6.67. The van der Waals surface area contributed by atoms with Gasteiger partial charge in [0, 0.05) is 41.6 Å². The average molecular weight is 487 g/mol. The molecule has 0 fully saturated rings. The van der Waals surface area contributed by atoms with Gasteiger partial charge < -0.3 is 14.6 Å². The highest BCUT2D eigenvalue weighted by Crippen LogP contribution is 2.32. The summed E-state index contributed by atoms with van der Waals surface area (Å²) >= 11 is 1.60. The number of benzene rings is 1. The van der Waals surface area contributed by atoms with Crippen molar-refractivity contribution in [3.8, 4) is 27.7 Å². The van der Waals surface area contributed by atoms with Crippen molar-refractivity contribution in [2.45, 2.75) is 33.2 Å². The van der Waals surface area contributed by atoms with Crippen LogP contribution in [-0.4, -0.2) is 34.1 Å². The van der Waals surface area contributed by atoms with Gasteiger partial charge in [0.25, 0.3) is 5.91 Å². The molecule has 0 spiro atoms. The van der Waals surface area contributed by atoms with Crippen LogP contribution in [0.2, 0.25) is 0 Å². The third-order valence-corrected chi connectivity index (χ3v) is 6.88. The summed E-state index contributed by atoms with van der Waals surface area (Å²) in [4.78, 5) is 22.2. The molecule has 0 aliphatic carbocycles. The lowest BCUT2D eigenvalue weighted by molar-refractivity contribution is 0.0957. The van der Waals surface area contributed by atoms with Crippen molar-refractivity contribution in [2.75, 3.05) is 13.7 Å². The highest BCUT2D eigenvalue weighted by molar-refractivity contribution is 7.13. The van der Waals surface area contributed by atoms with Crippen LogP contribution < -0.4 is 10.1 Å². The van der Waals surface area contributed by atoms with E-state index in [1.807, 2.05) is 37.4 Å². The lowest BCUT2D eigenvalue weighted by atomic mass is 10.1. The largest absolute Gasteiger partial charge is 0.497 e. The number of nitrogens with zero attached hydrogens (tertiary/aromatic N) is 3. The van der Waals surface area contributed by atoms with Gasteiger partial charge in [-0.25, -0.2) is 4.98 Å². The maximum absolute atomic E-state index is 12.9. The summed E-state index contributed by atoms with van der Waals surface area (Å²) < 4.78 is 7.47. The molecule has 4 aromatic rings. The Labute approximate surface area is 210 Å². The van der Waals surface area contributed by atoms with Crippen LogP contribution in [0.1, 0.15) is 34.2 Å². The standard InChI is InChI=1S/C28H30N4O2S/c1-5-13-30-27(33)24-17-26(25-18-35-28(31-25)21-11-14-29-22(6-2)16-21)32(19(24)3)15-12-20-7-9-23(34-4)10-8-20/h5,7-11,14,16-18H,1,6,12-13,15H2,2-4H3,(H,30,33). The molecule has 4 rings (SSSR count). The molecule has 1 amide bonds. The minimum absolute atomic E-state index is 0.107. The summed E-state index contributed by atoms with van der Waals surface area (Å²) in [6.45, 7) is 8.93. The Hall–Kier alpha value is -3.71. The van der Waals surface area contributed by atoms with Gasteiger partial charge in [0.05, 0.1) is 24.1 Å². The molecular formula is C28H30N4O2S. The number of aromatic nitrogens is 3. The van der Waals surface area contributed by atoms with Crippen molar-refractivity contribution >= 4 is 17.2 Å². The quantitative estimate of drug-likeness (QED) is 0.292. The van der Waals surface area contributed by atoms with Crippen LogP contribution in [-0.2, 0) is 19.4 Å². The smallest absolute Gasteiger partial charge is 0.253 e. The number of carbonyl (C=O) groups is 1. The summed E-state index contributed by atoms with van der Waals surface area (Å²) in [6, 6.07) is 14.1. The van der Waals surface area contributed by atoms with Gasteiger partial charge in [-0.05, 0) is 55.7 Å². The normalized spacial score (nSPS) is 10.8. The van der Waals surface area contributed by atoms with E-state index in [0.717, 1.165) is 58.5 Å². The second kappa shape index (κ2) is 11.1. The molecule has 6 nitrogen and oxygen atoms in total. The molecule has 1 N–H and O–H groups in total. The molecule has 0 atom stereocenters. The minimum atomic E-state index is -0.107. The molecule has 0 saturated carbocycles. The maximum Gasteiger partial charge on any atom is 0.253 e. The Morgan fingerprint density at radius 3 is 2.74 bits per heavy atom. The van der Waals surface area contributed by atoms with Crippen molar-refractivity contribution in [1.82, 2.24) is 19.9 Å². The second-order valence-corrected chi connectivity index (χ2v) is 9.06. The highest BCUT2D eigenvalue weighted by atomic mass is 32.1. The van der Waals surface area contributed by atoms with Gasteiger partial charge in [0.1, 0.15) is 10.8 Å². The Balaban J connectivity index is 1.68. The average Bonchev–Trinajstić information content (AvgIpc) is 3.51. The van der Waals surface area contributed by atoms with Crippen LogP contribution >= 0.6 is 11.3 Å². The zero-order valence-electron chi connectivity index (χ0n) is 20.4. The number of ether oxygens (including phenoxy) is 1. The SMILES string of the molecule is C=CCNC(=O)c1cc(-c2csc(-c3ccnc(CC)c3)n2)n(CCc2ccc(OC)cc2)c1C. The van der Waals surface area contributed by atoms with Crippen molar-refractivity contribution in [3.05, 3.63) is 89.2 Å². The molecule has 35 heavy (non-hydrogen) atoms. The molecule has 0 unspecified atom stereocenters. The zero-order chi connectivity index (χ0) is 24.8. The van der Waals surface area contributed by atoms with Gasteiger partial charge in [-0.1, -0.05) is 25.1 Å². The highest BCUT2D eigenvalue weighted by Gasteiger charge is 2.20. The molecule has 0 bridgehead atoms. The van der Waals surface area contributed by atoms with Gasteiger partial charge in [-0.2, -0.15) is 0 Å². The van der Waals surface area contributed by atoms with Crippen molar-refractivity contribution in [3.63, 3.8) is 0 Å². The molecule has 0 aliphatic rings. The van der Waals surface area contributed by atoms with Gasteiger partial charge in [0.2, 0.25) is 0 Å². The summed E-state index contributed by atoms with van der Waals surface area (Å²) in [5, 5.41) is 5.90. The van der Waals surface area contributed by atoms with Crippen LogP contribution in [0.15, 0.2) is 66.7 Å². The van der Waals surface area contributed by atoms with Crippen molar-refractivity contribution in [1.29, 1.82) is 0 Å². The van der Waals surface area contributed by atoms with Crippen LogP contribution in [0.5, 0.6) is 5.75 Å². The molecule has 3 aromatic heterocycles. The first-order valence-corrected chi connectivity index (χ1v) is 12.5. The number of hydrogen-bond acceptors (Lipinski definition) is 5. The minimum Gasteiger partial charge on any atom is -0.497 e. The van der Waals surface area contributed by atoms with Crippen LogP contribution in [0.25, 0.3) is 22.0 Å². The Kier molecular flexibility index (Phi) is 7.77. The van der Waals surface area contributed by atoms with Crippen LogP contribution in [0, 0.1) is 6.92 Å². The molecule has 7 heteroatoms. The summed E-state index contributed by atoms with van der Waals surface area (Å²) in [5.74, 6) is 0.731. The number of thiazole rings is 1. The van der Waals surface area contributed by atoms with E-state index in [-0.39, 0.29) is 5.91 Å². The first-order chi connectivity index (χ1) is 17.0. The summed E-state index contributed by atoms with van der Waals surface area (Å²) in [7, 11) is 1.67. The van der Waals surface area contributed by atoms with Gasteiger partial charge in [0.15, 0.2) is 0 Å². The predicted molar refractivity (Wildman–Crippen MR) is 142 cm³/mol. The first-order valence-electron chi connectivity index (χ1n) is 11.7. The third-order valence-electron chi connectivity index (χ3n) is 5.99. The monoisotopic (exact) mass is 486 g/mol. The Morgan fingerprint density at radius 1 is 1.23 bits per heavy atom. The number of methoxy groups -OCH3 is 1. The molecule has 0 aliphatic heterocycles. The van der Waals surface area contributed by atoms with Crippen LogP contribution in [0.3, 0.4) is 0 Å². The lowest BCUT2D eigenvalue weighted by Crippen LogP contribution is -2.23. The molecule has 3 heterocycles. The number of aryl methyl sites for hydroxylation is 2. The molecular weight excluding hydrogens is 456 g/mol. The maximum atomic E-state index is 12.9. The van der Waals surface area contributed by atoms with E-state index in [0.29, 0.717) is 12.1 Å². The first kappa shape index (κ1) is 24.4. The van der Waals surface area contributed by atoms with E-state index in [9.17, 15) is 4.79 Å². The van der Waals surface area contributed by atoms with Crippen molar-refractivity contribution in [2.24, 2.45) is 0 Å². The van der Waals surface area contributed by atoms with Gasteiger partial charge in [-0.3, -0.25) is 9.78 Å². The number of carbonyl (C=O) groups excluding carboxylic acids is 1. The summed E-state index contributed by atoms with van der Waals surface area (Å²) in [6.07, 6.45) is 5.21. The number of nitrogens with one attached hydrogen (secondary N) is 1. The lowest BCUT2D eigenvalue weighted by Gasteiger charge is -2.12. The fraction of sp³-hybridized carbons (Fsp3) is 0.250. The fourth-order valence-electron chi connectivity index (χ4n) is 4.00.